The highest BCUT2D eigenvalue weighted by Gasteiger charge is 2.14. The molecule has 1 aromatic rings. The van der Waals surface area contributed by atoms with Crippen molar-refractivity contribution in [2.24, 2.45) is 0 Å². The Hall–Kier alpha value is -1.88. The second-order valence-electron chi connectivity index (χ2n) is 3.71. The van der Waals surface area contributed by atoms with E-state index in [1.54, 1.807) is 0 Å². The van der Waals surface area contributed by atoms with Crippen molar-refractivity contribution in [2.75, 3.05) is 5.88 Å². The molecule has 0 atom stereocenters. The maximum atomic E-state index is 11.7. The molecule has 0 aliphatic rings. The lowest BCUT2D eigenvalue weighted by atomic mass is 10.1. The molecule has 0 heterocycles. The second kappa shape index (κ2) is 6.89. The molecule has 0 fully saturated rings. The number of carbonyl (C=O) groups is 3. The van der Waals surface area contributed by atoms with Crippen molar-refractivity contribution < 1.29 is 23.9 Å². The van der Waals surface area contributed by atoms with Crippen LogP contribution >= 0.6 is 11.6 Å². The zero-order valence-corrected chi connectivity index (χ0v) is 11.3. The normalized spacial score (nSPS) is 9.84. The van der Waals surface area contributed by atoms with Crippen LogP contribution < -0.4 is 9.47 Å². The van der Waals surface area contributed by atoms with Crippen LogP contribution in [-0.2, 0) is 9.59 Å². The van der Waals surface area contributed by atoms with E-state index in [1.807, 2.05) is 0 Å². The van der Waals surface area contributed by atoms with Gasteiger partial charge in [0.1, 0.15) is 0 Å². The number of hydrogen-bond acceptors (Lipinski definition) is 5. The summed E-state index contributed by atoms with van der Waals surface area (Å²) in [7, 11) is 0. The average molecular weight is 285 g/mol. The lowest BCUT2D eigenvalue weighted by molar-refractivity contribution is -0.134. The molecule has 0 bridgehead atoms. The minimum Gasteiger partial charge on any atom is -0.423 e. The first-order chi connectivity index (χ1) is 8.93. The number of rotatable bonds is 5. The molecule has 1 aromatic carbocycles. The van der Waals surface area contributed by atoms with E-state index in [0.29, 0.717) is 5.56 Å². The minimum atomic E-state index is -0.574. The molecular formula is C13H13ClO5. The summed E-state index contributed by atoms with van der Waals surface area (Å²) in [6.45, 7) is 2.44. The Morgan fingerprint density at radius 2 is 1.63 bits per heavy atom. The first kappa shape index (κ1) is 15.2. The van der Waals surface area contributed by atoms with Crippen LogP contribution in [-0.4, -0.2) is 23.6 Å². The van der Waals surface area contributed by atoms with Crippen LogP contribution in [0, 0.1) is 0 Å². The van der Waals surface area contributed by atoms with Crippen molar-refractivity contribution in [3.05, 3.63) is 23.8 Å². The summed E-state index contributed by atoms with van der Waals surface area (Å²) < 4.78 is 9.80. The molecule has 5 nitrogen and oxygen atoms in total. The first-order valence-corrected chi connectivity index (χ1v) is 6.07. The second-order valence-corrected chi connectivity index (χ2v) is 4.09. The van der Waals surface area contributed by atoms with Crippen LogP contribution in [0.2, 0.25) is 0 Å². The molecule has 0 unspecified atom stereocenters. The number of benzene rings is 1. The van der Waals surface area contributed by atoms with Gasteiger partial charge in [0.05, 0.1) is 0 Å². The van der Waals surface area contributed by atoms with Crippen molar-refractivity contribution in [1.82, 2.24) is 0 Å². The van der Waals surface area contributed by atoms with Gasteiger partial charge in [-0.15, -0.1) is 11.6 Å². The number of esters is 2. The molecule has 102 valence electrons. The highest BCUT2D eigenvalue weighted by atomic mass is 35.5. The monoisotopic (exact) mass is 284 g/mol. The topological polar surface area (TPSA) is 69.7 Å². The van der Waals surface area contributed by atoms with E-state index < -0.39 is 11.9 Å². The summed E-state index contributed by atoms with van der Waals surface area (Å²) in [4.78, 5) is 33.6. The van der Waals surface area contributed by atoms with Crippen LogP contribution in [0.4, 0.5) is 0 Å². The van der Waals surface area contributed by atoms with Crippen molar-refractivity contribution >= 4 is 29.3 Å². The maximum absolute atomic E-state index is 11.7. The van der Waals surface area contributed by atoms with E-state index in [9.17, 15) is 14.4 Å². The van der Waals surface area contributed by atoms with Gasteiger partial charge in [-0.3, -0.25) is 14.4 Å². The van der Waals surface area contributed by atoms with Gasteiger partial charge in [0.25, 0.3) is 0 Å². The van der Waals surface area contributed by atoms with Gasteiger partial charge in [-0.1, -0.05) is 0 Å². The lowest BCUT2D eigenvalue weighted by Crippen LogP contribution is -2.08. The van der Waals surface area contributed by atoms with E-state index in [1.165, 1.54) is 32.0 Å². The van der Waals surface area contributed by atoms with Gasteiger partial charge in [0.2, 0.25) is 0 Å². The lowest BCUT2D eigenvalue weighted by Gasteiger charge is -2.09. The van der Waals surface area contributed by atoms with Crippen molar-refractivity contribution in [2.45, 2.75) is 20.3 Å². The summed E-state index contributed by atoms with van der Waals surface area (Å²) in [6.07, 6.45) is 0.175. The Morgan fingerprint density at radius 1 is 1.05 bits per heavy atom. The van der Waals surface area contributed by atoms with Gasteiger partial charge < -0.3 is 9.47 Å². The van der Waals surface area contributed by atoms with Gasteiger partial charge >= 0.3 is 11.9 Å². The Morgan fingerprint density at radius 3 is 2.16 bits per heavy atom. The first-order valence-electron chi connectivity index (χ1n) is 5.54. The largest absolute Gasteiger partial charge is 0.423 e. The molecule has 1 rings (SSSR count). The highest BCUT2D eigenvalue weighted by Crippen LogP contribution is 2.29. The Bertz CT molecular complexity index is 510. The Kier molecular flexibility index (Phi) is 5.51. The van der Waals surface area contributed by atoms with Crippen LogP contribution in [0.15, 0.2) is 18.2 Å². The number of Topliss-reactive ketones (excluding diaryl/α,β-unsaturated/α-hetero) is 1. The minimum absolute atomic E-state index is 0.0307. The van der Waals surface area contributed by atoms with Crippen molar-refractivity contribution in [3.63, 3.8) is 0 Å². The van der Waals surface area contributed by atoms with Gasteiger partial charge in [0, 0.05) is 31.7 Å². The summed E-state index contributed by atoms with van der Waals surface area (Å²) in [5.74, 6) is -0.984. The fourth-order valence-corrected chi connectivity index (χ4v) is 1.56. The van der Waals surface area contributed by atoms with E-state index in [4.69, 9.17) is 21.1 Å². The zero-order chi connectivity index (χ0) is 14.4. The summed E-state index contributed by atoms with van der Waals surface area (Å²) in [5, 5.41) is 0. The van der Waals surface area contributed by atoms with E-state index in [0.717, 1.165) is 0 Å². The van der Waals surface area contributed by atoms with Gasteiger partial charge in [-0.25, -0.2) is 0 Å². The number of alkyl halides is 1. The van der Waals surface area contributed by atoms with Gasteiger partial charge in [-0.05, 0) is 18.2 Å². The molecule has 0 N–H and O–H groups in total. The van der Waals surface area contributed by atoms with Crippen LogP contribution in [0.25, 0.3) is 0 Å². The summed E-state index contributed by atoms with van der Waals surface area (Å²) in [5.41, 5.74) is 0.341. The number of ketones is 1. The third-order valence-corrected chi connectivity index (χ3v) is 2.28. The molecule has 0 spiro atoms. The maximum Gasteiger partial charge on any atom is 0.308 e. The fourth-order valence-electron chi connectivity index (χ4n) is 1.39. The van der Waals surface area contributed by atoms with Crippen LogP contribution in [0.3, 0.4) is 0 Å². The summed E-state index contributed by atoms with van der Waals surface area (Å²) in [6, 6.07) is 4.25. The van der Waals surface area contributed by atoms with Crippen LogP contribution in [0.5, 0.6) is 11.5 Å². The van der Waals surface area contributed by atoms with Gasteiger partial charge in [0.15, 0.2) is 17.3 Å². The zero-order valence-electron chi connectivity index (χ0n) is 10.6. The quantitative estimate of drug-likeness (QED) is 0.359. The molecule has 6 heteroatoms. The molecule has 0 radical (unpaired) electrons. The van der Waals surface area contributed by atoms with Crippen molar-refractivity contribution in [3.8, 4) is 11.5 Å². The standard InChI is InChI=1S/C13H13ClO5/c1-8(15)18-12-4-3-10(11(17)5-6-14)7-13(12)19-9(2)16/h3-4,7H,5-6H2,1-2H3. The predicted octanol–water partition coefficient (Wildman–Crippen LogP) is 2.35. The fraction of sp³-hybridized carbons (Fsp3) is 0.308. The third-order valence-electron chi connectivity index (χ3n) is 2.09. The highest BCUT2D eigenvalue weighted by molar-refractivity contribution is 6.19. The smallest absolute Gasteiger partial charge is 0.308 e. The number of hydrogen-bond donors (Lipinski definition) is 0. The van der Waals surface area contributed by atoms with E-state index in [2.05, 4.69) is 0 Å². The molecular weight excluding hydrogens is 272 g/mol. The molecule has 19 heavy (non-hydrogen) atoms. The molecule has 0 amide bonds. The summed E-state index contributed by atoms with van der Waals surface area (Å²) >= 11 is 5.49. The third kappa shape index (κ3) is 4.71. The molecule has 0 saturated carbocycles. The molecule has 0 saturated heterocycles. The van der Waals surface area contributed by atoms with Gasteiger partial charge in [-0.2, -0.15) is 0 Å². The average Bonchev–Trinajstić information content (AvgIpc) is 2.30. The Labute approximate surface area is 115 Å². The Balaban J connectivity index is 3.10. The predicted molar refractivity (Wildman–Crippen MR) is 68.7 cm³/mol. The number of halogens is 1. The van der Waals surface area contributed by atoms with E-state index >= 15 is 0 Å². The molecule has 0 aromatic heterocycles. The number of carbonyl (C=O) groups excluding carboxylic acids is 3. The van der Waals surface area contributed by atoms with E-state index in [-0.39, 0.29) is 29.6 Å². The number of ether oxygens (including phenoxy) is 2. The molecule has 0 aliphatic carbocycles. The SMILES string of the molecule is CC(=O)Oc1ccc(C(=O)CCCl)cc1OC(C)=O. The van der Waals surface area contributed by atoms with Crippen molar-refractivity contribution in [1.29, 1.82) is 0 Å². The van der Waals surface area contributed by atoms with Crippen LogP contribution in [0.1, 0.15) is 30.6 Å². The molecule has 0 aliphatic heterocycles.